The molecular formula is C7H15NO4. The van der Waals surface area contributed by atoms with Crippen molar-refractivity contribution < 1.29 is 20.1 Å². The lowest BCUT2D eigenvalue weighted by atomic mass is 10.1. The molecule has 3 atom stereocenters. The summed E-state index contributed by atoms with van der Waals surface area (Å²) in [6.45, 7) is 2.26. The fourth-order valence-electron chi connectivity index (χ4n) is 0.836. The van der Waals surface area contributed by atoms with Gasteiger partial charge in [-0.2, -0.15) is 0 Å². The maximum Gasteiger partial charge on any atom is 0.217 e. The SMILES string of the molecule is CC(=O)NC(CO)C(O)C(C)O. The van der Waals surface area contributed by atoms with E-state index in [0.29, 0.717) is 0 Å². The Kier molecular flexibility index (Phi) is 4.80. The van der Waals surface area contributed by atoms with Crippen molar-refractivity contribution in [1.82, 2.24) is 5.32 Å². The van der Waals surface area contributed by atoms with Crippen LogP contribution in [-0.4, -0.2) is 46.1 Å². The molecule has 0 rings (SSSR count). The van der Waals surface area contributed by atoms with Gasteiger partial charge in [0.25, 0.3) is 0 Å². The standard InChI is InChI=1S/C7H15NO4/c1-4(10)7(12)6(3-9)8-5(2)11/h4,6-7,9-10,12H,3H2,1-2H3,(H,8,11). The van der Waals surface area contributed by atoms with Gasteiger partial charge in [-0.05, 0) is 6.92 Å². The van der Waals surface area contributed by atoms with Crippen LogP contribution in [0, 0.1) is 0 Å². The lowest BCUT2D eigenvalue weighted by molar-refractivity contribution is -0.121. The first-order valence-corrected chi connectivity index (χ1v) is 3.73. The third-order valence-corrected chi connectivity index (χ3v) is 1.49. The number of nitrogens with one attached hydrogen (secondary N) is 1. The van der Waals surface area contributed by atoms with Crippen LogP contribution in [0.4, 0.5) is 0 Å². The second kappa shape index (κ2) is 5.08. The van der Waals surface area contributed by atoms with E-state index >= 15 is 0 Å². The summed E-state index contributed by atoms with van der Waals surface area (Å²) in [5.74, 6) is -0.353. The van der Waals surface area contributed by atoms with E-state index in [1.54, 1.807) is 0 Å². The van der Waals surface area contributed by atoms with E-state index in [4.69, 9.17) is 10.2 Å². The number of aliphatic hydroxyl groups excluding tert-OH is 3. The van der Waals surface area contributed by atoms with Gasteiger partial charge in [-0.3, -0.25) is 4.79 Å². The molecule has 0 aromatic rings. The minimum absolute atomic E-state index is 0.353. The van der Waals surface area contributed by atoms with E-state index in [9.17, 15) is 9.90 Å². The molecule has 0 bridgehead atoms. The molecule has 0 aromatic heterocycles. The highest BCUT2D eigenvalue weighted by Crippen LogP contribution is 1.98. The van der Waals surface area contributed by atoms with E-state index in [0.717, 1.165) is 0 Å². The van der Waals surface area contributed by atoms with Crippen LogP contribution in [0.15, 0.2) is 0 Å². The van der Waals surface area contributed by atoms with Gasteiger partial charge in [-0.25, -0.2) is 0 Å². The number of amides is 1. The molecule has 0 radical (unpaired) electrons. The summed E-state index contributed by atoms with van der Waals surface area (Å²) < 4.78 is 0. The van der Waals surface area contributed by atoms with E-state index in [2.05, 4.69) is 5.32 Å². The smallest absolute Gasteiger partial charge is 0.217 e. The summed E-state index contributed by atoms with van der Waals surface area (Å²) in [5, 5.41) is 29.2. The van der Waals surface area contributed by atoms with E-state index < -0.39 is 24.9 Å². The highest BCUT2D eigenvalue weighted by atomic mass is 16.3. The first-order valence-electron chi connectivity index (χ1n) is 3.73. The van der Waals surface area contributed by atoms with Crippen molar-refractivity contribution in [1.29, 1.82) is 0 Å². The third-order valence-electron chi connectivity index (χ3n) is 1.49. The second-order valence-electron chi connectivity index (χ2n) is 2.72. The summed E-state index contributed by atoms with van der Waals surface area (Å²) in [5.41, 5.74) is 0. The van der Waals surface area contributed by atoms with Gasteiger partial charge in [0, 0.05) is 6.92 Å². The Balaban J connectivity index is 4.04. The zero-order valence-electron chi connectivity index (χ0n) is 7.19. The van der Waals surface area contributed by atoms with Crippen molar-refractivity contribution in [3.63, 3.8) is 0 Å². The average molecular weight is 177 g/mol. The summed E-state index contributed by atoms with van der Waals surface area (Å²) in [6.07, 6.45) is -2.12. The number of aliphatic hydroxyl groups is 3. The summed E-state index contributed by atoms with van der Waals surface area (Å²) >= 11 is 0. The lowest BCUT2D eigenvalue weighted by Gasteiger charge is -2.23. The number of hydrogen-bond donors (Lipinski definition) is 4. The second-order valence-corrected chi connectivity index (χ2v) is 2.72. The summed E-state index contributed by atoms with van der Waals surface area (Å²) in [6, 6.07) is -0.803. The average Bonchev–Trinajstić information content (AvgIpc) is 1.98. The molecule has 3 unspecified atom stereocenters. The van der Waals surface area contributed by atoms with Crippen molar-refractivity contribution >= 4 is 5.91 Å². The highest BCUT2D eigenvalue weighted by molar-refractivity contribution is 5.73. The molecule has 0 aliphatic heterocycles. The van der Waals surface area contributed by atoms with Crippen LogP contribution >= 0.6 is 0 Å². The van der Waals surface area contributed by atoms with Crippen molar-refractivity contribution in [2.75, 3.05) is 6.61 Å². The molecule has 0 spiro atoms. The Bertz CT molecular complexity index is 148. The molecule has 0 aliphatic carbocycles. The summed E-state index contributed by atoms with van der Waals surface area (Å²) in [4.78, 5) is 10.5. The van der Waals surface area contributed by atoms with Crippen LogP contribution < -0.4 is 5.32 Å². The molecule has 0 heterocycles. The van der Waals surface area contributed by atoms with Gasteiger partial charge in [-0.15, -0.1) is 0 Å². The Morgan fingerprint density at radius 3 is 2.25 bits per heavy atom. The molecular weight excluding hydrogens is 162 g/mol. The minimum atomic E-state index is -1.14. The maximum atomic E-state index is 10.5. The van der Waals surface area contributed by atoms with Crippen LogP contribution in [0.25, 0.3) is 0 Å². The predicted octanol–water partition coefficient (Wildman–Crippen LogP) is -1.77. The number of hydrogen-bond acceptors (Lipinski definition) is 4. The Morgan fingerprint density at radius 2 is 2.00 bits per heavy atom. The number of carbonyl (C=O) groups is 1. The maximum absolute atomic E-state index is 10.5. The van der Waals surface area contributed by atoms with Crippen LogP contribution in [0.1, 0.15) is 13.8 Å². The number of carbonyl (C=O) groups excluding carboxylic acids is 1. The van der Waals surface area contributed by atoms with Crippen LogP contribution in [0.2, 0.25) is 0 Å². The fourth-order valence-corrected chi connectivity index (χ4v) is 0.836. The fraction of sp³-hybridized carbons (Fsp3) is 0.857. The van der Waals surface area contributed by atoms with E-state index in [-0.39, 0.29) is 5.91 Å². The van der Waals surface area contributed by atoms with Crippen molar-refractivity contribution in [2.45, 2.75) is 32.1 Å². The third kappa shape index (κ3) is 3.66. The first-order chi connectivity index (χ1) is 5.49. The van der Waals surface area contributed by atoms with Gasteiger partial charge in [0.2, 0.25) is 5.91 Å². The molecule has 0 saturated heterocycles. The highest BCUT2D eigenvalue weighted by Gasteiger charge is 2.23. The van der Waals surface area contributed by atoms with Gasteiger partial charge < -0.3 is 20.6 Å². The molecule has 0 saturated carbocycles. The largest absolute Gasteiger partial charge is 0.394 e. The molecule has 1 amide bonds. The van der Waals surface area contributed by atoms with Crippen molar-refractivity contribution in [3.05, 3.63) is 0 Å². The summed E-state index contributed by atoms with van der Waals surface area (Å²) in [7, 11) is 0. The van der Waals surface area contributed by atoms with Gasteiger partial charge >= 0.3 is 0 Å². The Morgan fingerprint density at radius 1 is 1.50 bits per heavy atom. The minimum Gasteiger partial charge on any atom is -0.394 e. The first kappa shape index (κ1) is 11.4. The molecule has 0 aliphatic rings. The molecule has 12 heavy (non-hydrogen) atoms. The number of rotatable bonds is 4. The van der Waals surface area contributed by atoms with Crippen LogP contribution in [0.5, 0.6) is 0 Å². The van der Waals surface area contributed by atoms with Crippen molar-refractivity contribution in [3.8, 4) is 0 Å². The van der Waals surface area contributed by atoms with Crippen molar-refractivity contribution in [2.24, 2.45) is 0 Å². The topological polar surface area (TPSA) is 89.8 Å². The van der Waals surface area contributed by atoms with Gasteiger partial charge in [0.05, 0.1) is 18.8 Å². The zero-order valence-corrected chi connectivity index (χ0v) is 7.19. The Labute approximate surface area is 71.0 Å². The monoisotopic (exact) mass is 177 g/mol. The molecule has 4 N–H and O–H groups in total. The van der Waals surface area contributed by atoms with Crippen LogP contribution in [0.3, 0.4) is 0 Å². The molecule has 5 nitrogen and oxygen atoms in total. The predicted molar refractivity (Wildman–Crippen MR) is 42.4 cm³/mol. The van der Waals surface area contributed by atoms with Gasteiger partial charge in [0.1, 0.15) is 6.10 Å². The molecule has 5 heteroatoms. The lowest BCUT2D eigenvalue weighted by Crippen LogP contribution is -2.49. The molecule has 72 valence electrons. The molecule has 0 aromatic carbocycles. The van der Waals surface area contributed by atoms with Gasteiger partial charge in [0.15, 0.2) is 0 Å². The van der Waals surface area contributed by atoms with E-state index in [1.807, 2.05) is 0 Å². The quantitative estimate of drug-likeness (QED) is 0.409. The van der Waals surface area contributed by atoms with Crippen LogP contribution in [-0.2, 0) is 4.79 Å². The van der Waals surface area contributed by atoms with E-state index in [1.165, 1.54) is 13.8 Å². The molecule has 0 fully saturated rings. The Hall–Kier alpha value is -0.650. The normalized spacial score (nSPS) is 18.1. The van der Waals surface area contributed by atoms with Gasteiger partial charge in [-0.1, -0.05) is 0 Å². The zero-order chi connectivity index (χ0) is 9.72.